The van der Waals surface area contributed by atoms with Gasteiger partial charge in [0.05, 0.1) is 5.69 Å². The summed E-state index contributed by atoms with van der Waals surface area (Å²) in [6.07, 6.45) is 1.17. The molecule has 1 aliphatic heterocycles. The Bertz CT molecular complexity index is 301. The predicted octanol–water partition coefficient (Wildman–Crippen LogP) is 1.70. The summed E-state index contributed by atoms with van der Waals surface area (Å²) in [4.78, 5) is 0. The molecule has 1 aromatic heterocycles. The molecule has 0 amide bonds. The van der Waals surface area contributed by atoms with E-state index >= 15 is 0 Å². The fourth-order valence-electron chi connectivity index (χ4n) is 1.64. The number of aromatic nitrogens is 2. The van der Waals surface area contributed by atoms with Crippen molar-refractivity contribution in [2.75, 3.05) is 5.32 Å². The highest BCUT2D eigenvalue weighted by atomic mass is 15.3. The second kappa shape index (κ2) is 2.51. The molecule has 1 unspecified atom stereocenters. The van der Waals surface area contributed by atoms with E-state index in [0.29, 0.717) is 6.04 Å². The van der Waals surface area contributed by atoms with Crippen LogP contribution in [0.3, 0.4) is 0 Å². The van der Waals surface area contributed by atoms with E-state index in [1.165, 1.54) is 17.8 Å². The molecular weight excluding hydrogens is 150 g/mol. The highest BCUT2D eigenvalue weighted by Crippen LogP contribution is 2.23. The molecule has 0 aliphatic carbocycles. The van der Waals surface area contributed by atoms with Crippen molar-refractivity contribution < 1.29 is 0 Å². The average Bonchev–Trinajstić information content (AvgIpc) is 2.31. The van der Waals surface area contributed by atoms with Gasteiger partial charge in [0.25, 0.3) is 0 Å². The van der Waals surface area contributed by atoms with Crippen LogP contribution in [0.4, 0.5) is 5.82 Å². The Hall–Kier alpha value is -0.990. The Morgan fingerprint density at radius 1 is 1.50 bits per heavy atom. The van der Waals surface area contributed by atoms with E-state index in [1.54, 1.807) is 0 Å². The number of rotatable bonds is 0. The minimum Gasteiger partial charge on any atom is -0.368 e. The Labute approximate surface area is 72.8 Å². The molecule has 1 atom stereocenters. The normalized spacial score (nSPS) is 21.8. The van der Waals surface area contributed by atoms with Crippen molar-refractivity contribution in [2.24, 2.45) is 0 Å². The van der Waals surface area contributed by atoms with Crippen molar-refractivity contribution in [3.05, 3.63) is 11.3 Å². The molecule has 1 aromatic rings. The van der Waals surface area contributed by atoms with Crippen molar-refractivity contribution in [3.8, 4) is 0 Å². The summed E-state index contributed by atoms with van der Waals surface area (Å²) in [7, 11) is 0. The van der Waals surface area contributed by atoms with Crippen LogP contribution in [0, 0.1) is 13.8 Å². The van der Waals surface area contributed by atoms with Crippen LogP contribution in [0.5, 0.6) is 0 Å². The number of fused-ring (bicyclic) bond motifs is 1. The lowest BCUT2D eigenvalue weighted by Gasteiger charge is -2.22. The fraction of sp³-hybridized carbons (Fsp3) is 0.667. The van der Waals surface area contributed by atoms with Gasteiger partial charge < -0.3 is 5.32 Å². The second-order valence-electron chi connectivity index (χ2n) is 3.62. The fourth-order valence-corrected chi connectivity index (χ4v) is 1.64. The van der Waals surface area contributed by atoms with Gasteiger partial charge in [-0.05, 0) is 27.2 Å². The molecule has 0 saturated carbocycles. The summed E-state index contributed by atoms with van der Waals surface area (Å²) >= 11 is 0. The number of hydrogen-bond acceptors (Lipinski definition) is 2. The molecule has 3 nitrogen and oxygen atoms in total. The lowest BCUT2D eigenvalue weighted by atomic mass is 10.2. The van der Waals surface area contributed by atoms with Crippen molar-refractivity contribution >= 4 is 5.82 Å². The summed E-state index contributed by atoms with van der Waals surface area (Å²) in [6.45, 7) is 7.45. The summed E-state index contributed by atoms with van der Waals surface area (Å²) < 4.78 is 2.07. The number of nitrogens with one attached hydrogen (secondary N) is 1. The zero-order chi connectivity index (χ0) is 8.72. The minimum atomic E-state index is 0.590. The summed E-state index contributed by atoms with van der Waals surface area (Å²) in [6, 6.07) is 0.590. The van der Waals surface area contributed by atoms with Crippen molar-refractivity contribution in [2.45, 2.75) is 39.8 Å². The van der Waals surface area contributed by atoms with E-state index in [0.717, 1.165) is 12.2 Å². The molecule has 2 heterocycles. The molecule has 1 N–H and O–H groups in total. The standard InChI is InChI=1S/C9H15N3/c1-6-4-5-12-9(10-6)7(2)8(3)11-12/h6,10H,4-5H2,1-3H3. The topological polar surface area (TPSA) is 29.9 Å². The van der Waals surface area contributed by atoms with Crippen molar-refractivity contribution in [3.63, 3.8) is 0 Å². The highest BCUT2D eigenvalue weighted by molar-refractivity contribution is 5.48. The number of anilines is 1. The highest BCUT2D eigenvalue weighted by Gasteiger charge is 2.18. The summed E-state index contributed by atoms with van der Waals surface area (Å²) in [5, 5.41) is 7.89. The zero-order valence-electron chi connectivity index (χ0n) is 7.89. The van der Waals surface area contributed by atoms with Crippen LogP contribution in [-0.2, 0) is 6.54 Å². The van der Waals surface area contributed by atoms with Gasteiger partial charge >= 0.3 is 0 Å². The third-order valence-electron chi connectivity index (χ3n) is 2.58. The first kappa shape index (κ1) is 7.65. The van der Waals surface area contributed by atoms with Gasteiger partial charge in [-0.2, -0.15) is 5.10 Å². The van der Waals surface area contributed by atoms with Crippen LogP contribution in [0.2, 0.25) is 0 Å². The van der Waals surface area contributed by atoms with Crippen LogP contribution >= 0.6 is 0 Å². The molecule has 12 heavy (non-hydrogen) atoms. The monoisotopic (exact) mass is 165 g/mol. The average molecular weight is 165 g/mol. The van der Waals surface area contributed by atoms with Gasteiger partial charge in [-0.1, -0.05) is 0 Å². The van der Waals surface area contributed by atoms with Crippen molar-refractivity contribution in [1.82, 2.24) is 9.78 Å². The molecule has 0 bridgehead atoms. The molecule has 66 valence electrons. The molecule has 2 rings (SSSR count). The van der Waals surface area contributed by atoms with E-state index in [1.807, 2.05) is 0 Å². The Morgan fingerprint density at radius 2 is 2.25 bits per heavy atom. The molecule has 0 radical (unpaired) electrons. The largest absolute Gasteiger partial charge is 0.368 e. The third-order valence-corrected chi connectivity index (χ3v) is 2.58. The first-order valence-electron chi connectivity index (χ1n) is 4.49. The first-order valence-corrected chi connectivity index (χ1v) is 4.49. The van der Waals surface area contributed by atoms with Gasteiger partial charge in [0.2, 0.25) is 0 Å². The van der Waals surface area contributed by atoms with Gasteiger partial charge in [0.15, 0.2) is 0 Å². The van der Waals surface area contributed by atoms with Gasteiger partial charge in [0, 0.05) is 18.2 Å². The quantitative estimate of drug-likeness (QED) is 0.634. The second-order valence-corrected chi connectivity index (χ2v) is 3.62. The van der Waals surface area contributed by atoms with Crippen LogP contribution in [0.15, 0.2) is 0 Å². The first-order chi connectivity index (χ1) is 5.68. The lowest BCUT2D eigenvalue weighted by molar-refractivity contribution is 0.510. The Morgan fingerprint density at radius 3 is 3.00 bits per heavy atom. The van der Waals surface area contributed by atoms with Gasteiger partial charge in [-0.25, -0.2) is 4.68 Å². The molecule has 0 saturated heterocycles. The number of aryl methyl sites for hydroxylation is 2. The lowest BCUT2D eigenvalue weighted by Crippen LogP contribution is -2.26. The van der Waals surface area contributed by atoms with Gasteiger partial charge in [-0.15, -0.1) is 0 Å². The maximum Gasteiger partial charge on any atom is 0.127 e. The maximum absolute atomic E-state index is 4.44. The van der Waals surface area contributed by atoms with Crippen LogP contribution < -0.4 is 5.32 Å². The summed E-state index contributed by atoms with van der Waals surface area (Å²) in [5.41, 5.74) is 2.44. The minimum absolute atomic E-state index is 0.590. The number of nitrogens with zero attached hydrogens (tertiary/aromatic N) is 2. The molecular formula is C9H15N3. The van der Waals surface area contributed by atoms with E-state index in [9.17, 15) is 0 Å². The van der Waals surface area contributed by atoms with E-state index in [2.05, 4.69) is 35.9 Å². The predicted molar refractivity (Wildman–Crippen MR) is 49.4 cm³/mol. The molecule has 1 aliphatic rings. The molecule has 0 fully saturated rings. The molecule has 0 aromatic carbocycles. The Kier molecular flexibility index (Phi) is 1.60. The molecule has 0 spiro atoms. The van der Waals surface area contributed by atoms with E-state index in [4.69, 9.17) is 0 Å². The third kappa shape index (κ3) is 1.00. The van der Waals surface area contributed by atoms with Crippen LogP contribution in [-0.4, -0.2) is 15.8 Å². The van der Waals surface area contributed by atoms with E-state index < -0.39 is 0 Å². The smallest absolute Gasteiger partial charge is 0.127 e. The SMILES string of the molecule is Cc1nn2c(c1C)NC(C)CC2. The van der Waals surface area contributed by atoms with E-state index in [-0.39, 0.29) is 0 Å². The number of hydrogen-bond donors (Lipinski definition) is 1. The van der Waals surface area contributed by atoms with Crippen LogP contribution in [0.1, 0.15) is 24.6 Å². The maximum atomic E-state index is 4.44. The molecule has 3 heteroatoms. The van der Waals surface area contributed by atoms with Crippen molar-refractivity contribution in [1.29, 1.82) is 0 Å². The van der Waals surface area contributed by atoms with Crippen LogP contribution in [0.25, 0.3) is 0 Å². The van der Waals surface area contributed by atoms with Gasteiger partial charge in [0.1, 0.15) is 5.82 Å². The van der Waals surface area contributed by atoms with Gasteiger partial charge in [-0.3, -0.25) is 0 Å². The Balaban J connectivity index is 2.44. The summed E-state index contributed by atoms with van der Waals surface area (Å²) in [5.74, 6) is 1.21. The zero-order valence-corrected chi connectivity index (χ0v) is 7.89.